The maximum Gasteiger partial charge on any atom is 0.292 e. The molecule has 16 heavy (non-hydrogen) atoms. The van der Waals surface area contributed by atoms with Gasteiger partial charge in [0.2, 0.25) is 0 Å². The van der Waals surface area contributed by atoms with Crippen molar-refractivity contribution in [2.75, 3.05) is 11.9 Å². The topological polar surface area (TPSA) is 55.2 Å². The Morgan fingerprint density at radius 3 is 2.75 bits per heavy atom. The molecule has 1 N–H and O–H groups in total. The third-order valence-corrected chi connectivity index (χ3v) is 3.19. The van der Waals surface area contributed by atoms with Crippen molar-refractivity contribution in [1.82, 2.24) is 0 Å². The highest BCUT2D eigenvalue weighted by Gasteiger charge is 2.17. The lowest BCUT2D eigenvalue weighted by molar-refractivity contribution is -0.384. The Kier molecular flexibility index (Phi) is 3.39. The van der Waals surface area contributed by atoms with E-state index in [0.717, 1.165) is 18.9 Å². The summed E-state index contributed by atoms with van der Waals surface area (Å²) in [7, 11) is 0. The van der Waals surface area contributed by atoms with Crippen LogP contribution in [0.1, 0.15) is 25.7 Å². The van der Waals surface area contributed by atoms with E-state index in [4.69, 9.17) is 0 Å². The molecule has 0 bridgehead atoms. The Bertz CT molecular complexity index is 375. The van der Waals surface area contributed by atoms with E-state index in [1.807, 2.05) is 6.07 Å². The Morgan fingerprint density at radius 1 is 1.38 bits per heavy atom. The van der Waals surface area contributed by atoms with Gasteiger partial charge in [-0.25, -0.2) is 0 Å². The molecule has 0 atom stereocenters. The molecule has 0 heterocycles. The van der Waals surface area contributed by atoms with Gasteiger partial charge in [-0.1, -0.05) is 31.4 Å². The first kappa shape index (κ1) is 10.9. The molecule has 0 unspecified atom stereocenters. The van der Waals surface area contributed by atoms with Crippen molar-refractivity contribution in [3.63, 3.8) is 0 Å². The minimum Gasteiger partial charge on any atom is -0.379 e. The van der Waals surface area contributed by atoms with Crippen molar-refractivity contribution >= 4 is 11.4 Å². The molecule has 1 saturated carbocycles. The number of nitrogens with one attached hydrogen (secondary N) is 1. The van der Waals surface area contributed by atoms with Crippen molar-refractivity contribution in [3.8, 4) is 0 Å². The average molecular weight is 220 g/mol. The largest absolute Gasteiger partial charge is 0.379 e. The van der Waals surface area contributed by atoms with E-state index in [1.165, 1.54) is 25.3 Å². The number of nitrogens with zero attached hydrogens (tertiary/aromatic N) is 1. The van der Waals surface area contributed by atoms with Gasteiger partial charge < -0.3 is 5.32 Å². The van der Waals surface area contributed by atoms with Crippen molar-refractivity contribution in [2.24, 2.45) is 5.92 Å². The zero-order valence-corrected chi connectivity index (χ0v) is 9.19. The van der Waals surface area contributed by atoms with Crippen LogP contribution in [-0.4, -0.2) is 11.5 Å². The minimum absolute atomic E-state index is 0.163. The van der Waals surface area contributed by atoms with Gasteiger partial charge in [0.1, 0.15) is 5.69 Å². The number of rotatable bonds is 5. The zero-order valence-electron chi connectivity index (χ0n) is 9.19. The average Bonchev–Trinajstić information content (AvgIpc) is 2.22. The maximum absolute atomic E-state index is 10.8. The zero-order chi connectivity index (χ0) is 11.4. The van der Waals surface area contributed by atoms with Gasteiger partial charge in [-0.3, -0.25) is 10.1 Å². The molecular formula is C12H16N2O2. The van der Waals surface area contributed by atoms with Crippen LogP contribution < -0.4 is 5.32 Å². The van der Waals surface area contributed by atoms with Gasteiger partial charge in [0.15, 0.2) is 0 Å². The second-order valence-corrected chi connectivity index (χ2v) is 4.29. The Labute approximate surface area is 94.8 Å². The predicted molar refractivity (Wildman–Crippen MR) is 63.5 cm³/mol. The molecule has 1 aliphatic rings. The molecule has 1 fully saturated rings. The highest BCUT2D eigenvalue weighted by molar-refractivity contribution is 5.60. The summed E-state index contributed by atoms with van der Waals surface area (Å²) in [6.07, 6.45) is 5.10. The van der Waals surface area contributed by atoms with Crippen molar-refractivity contribution < 1.29 is 4.92 Å². The lowest BCUT2D eigenvalue weighted by Crippen LogP contribution is -2.15. The molecule has 0 radical (unpaired) electrons. The van der Waals surface area contributed by atoms with E-state index in [0.29, 0.717) is 5.69 Å². The summed E-state index contributed by atoms with van der Waals surface area (Å²) >= 11 is 0. The summed E-state index contributed by atoms with van der Waals surface area (Å²) in [5, 5.41) is 13.9. The monoisotopic (exact) mass is 220 g/mol. The van der Waals surface area contributed by atoms with Crippen LogP contribution in [0.4, 0.5) is 11.4 Å². The molecule has 1 aliphatic carbocycles. The molecule has 2 rings (SSSR count). The van der Waals surface area contributed by atoms with E-state index in [2.05, 4.69) is 5.32 Å². The van der Waals surface area contributed by atoms with Gasteiger partial charge in [-0.15, -0.1) is 0 Å². The van der Waals surface area contributed by atoms with Crippen LogP contribution in [0.5, 0.6) is 0 Å². The van der Waals surface area contributed by atoms with Gasteiger partial charge in [0, 0.05) is 12.6 Å². The van der Waals surface area contributed by atoms with E-state index in [9.17, 15) is 10.1 Å². The molecule has 1 aromatic carbocycles. The van der Waals surface area contributed by atoms with Crippen LogP contribution in [0.2, 0.25) is 0 Å². The third kappa shape index (κ3) is 2.51. The first-order valence-corrected chi connectivity index (χ1v) is 5.74. The van der Waals surface area contributed by atoms with Gasteiger partial charge in [0.05, 0.1) is 4.92 Å². The van der Waals surface area contributed by atoms with Crippen LogP contribution in [0.3, 0.4) is 0 Å². The van der Waals surface area contributed by atoms with Crippen LogP contribution in [0.25, 0.3) is 0 Å². The fourth-order valence-corrected chi connectivity index (χ4v) is 1.97. The van der Waals surface area contributed by atoms with Crippen LogP contribution in [0.15, 0.2) is 24.3 Å². The highest BCUT2D eigenvalue weighted by Crippen LogP contribution is 2.30. The van der Waals surface area contributed by atoms with Gasteiger partial charge >= 0.3 is 0 Å². The number of nitro groups is 1. The van der Waals surface area contributed by atoms with Gasteiger partial charge in [-0.05, 0) is 18.4 Å². The van der Waals surface area contributed by atoms with Crippen LogP contribution >= 0.6 is 0 Å². The Morgan fingerprint density at radius 2 is 2.12 bits per heavy atom. The summed E-state index contributed by atoms with van der Waals surface area (Å²) in [6.45, 7) is 0.829. The smallest absolute Gasteiger partial charge is 0.292 e. The summed E-state index contributed by atoms with van der Waals surface area (Å²) < 4.78 is 0. The van der Waals surface area contributed by atoms with E-state index >= 15 is 0 Å². The number of para-hydroxylation sites is 2. The lowest BCUT2D eigenvalue weighted by Gasteiger charge is -2.25. The normalized spacial score (nSPS) is 15.5. The van der Waals surface area contributed by atoms with Crippen LogP contribution in [0, 0.1) is 16.0 Å². The summed E-state index contributed by atoms with van der Waals surface area (Å²) in [4.78, 5) is 10.4. The number of hydrogen-bond acceptors (Lipinski definition) is 3. The Balaban J connectivity index is 1.89. The molecule has 0 aromatic heterocycles. The molecule has 0 amide bonds. The molecule has 86 valence electrons. The number of nitro benzene ring substituents is 1. The van der Waals surface area contributed by atoms with E-state index in [-0.39, 0.29) is 10.6 Å². The summed E-state index contributed by atoms with van der Waals surface area (Å²) in [6, 6.07) is 6.80. The predicted octanol–water partition coefficient (Wildman–Crippen LogP) is 3.20. The molecule has 1 aromatic rings. The standard InChI is InChI=1S/C12H16N2O2/c15-14(16)12-7-2-1-6-11(12)13-9-8-10-4-3-5-10/h1-2,6-7,10,13H,3-5,8-9H2. The minimum atomic E-state index is -0.342. The fourth-order valence-electron chi connectivity index (χ4n) is 1.97. The first-order chi connectivity index (χ1) is 7.77. The number of hydrogen-bond donors (Lipinski definition) is 1. The highest BCUT2D eigenvalue weighted by atomic mass is 16.6. The number of anilines is 1. The lowest BCUT2D eigenvalue weighted by atomic mass is 9.83. The van der Waals surface area contributed by atoms with Crippen molar-refractivity contribution in [1.29, 1.82) is 0 Å². The molecule has 4 heteroatoms. The molecule has 0 saturated heterocycles. The van der Waals surface area contributed by atoms with Gasteiger partial charge in [-0.2, -0.15) is 0 Å². The first-order valence-electron chi connectivity index (χ1n) is 5.74. The Hall–Kier alpha value is -1.58. The third-order valence-electron chi connectivity index (χ3n) is 3.19. The molecule has 0 aliphatic heterocycles. The second-order valence-electron chi connectivity index (χ2n) is 4.29. The molecule has 0 spiro atoms. The van der Waals surface area contributed by atoms with Crippen molar-refractivity contribution in [2.45, 2.75) is 25.7 Å². The maximum atomic E-state index is 10.8. The van der Waals surface area contributed by atoms with Crippen LogP contribution in [-0.2, 0) is 0 Å². The quantitative estimate of drug-likeness (QED) is 0.612. The summed E-state index contributed by atoms with van der Waals surface area (Å²) in [5.41, 5.74) is 0.794. The van der Waals surface area contributed by atoms with E-state index < -0.39 is 0 Å². The summed E-state index contributed by atoms with van der Waals surface area (Å²) in [5.74, 6) is 0.829. The van der Waals surface area contributed by atoms with Crippen molar-refractivity contribution in [3.05, 3.63) is 34.4 Å². The SMILES string of the molecule is O=[N+]([O-])c1ccccc1NCCC1CCC1. The second kappa shape index (κ2) is 4.96. The van der Waals surface area contributed by atoms with E-state index in [1.54, 1.807) is 12.1 Å². The fraction of sp³-hybridized carbons (Fsp3) is 0.500. The number of benzene rings is 1. The van der Waals surface area contributed by atoms with Gasteiger partial charge in [0.25, 0.3) is 5.69 Å². The molecular weight excluding hydrogens is 204 g/mol. The molecule has 4 nitrogen and oxygen atoms in total.